The summed E-state index contributed by atoms with van der Waals surface area (Å²) in [5.74, 6) is -0.765. The maximum Gasteiger partial charge on any atom is 0.341 e. The summed E-state index contributed by atoms with van der Waals surface area (Å²) in [5.41, 5.74) is 1.21. The molecule has 0 aliphatic heterocycles. The molecule has 3 N–H and O–H groups in total. The summed E-state index contributed by atoms with van der Waals surface area (Å²) in [6.45, 7) is 0.372. The third kappa shape index (κ3) is 5.26. The van der Waals surface area contributed by atoms with Gasteiger partial charge in [-0.2, -0.15) is 0 Å². The smallest absolute Gasteiger partial charge is 0.341 e. The molecular weight excluding hydrogens is 386 g/mol. The van der Waals surface area contributed by atoms with Crippen molar-refractivity contribution in [3.05, 3.63) is 89.9 Å². The van der Waals surface area contributed by atoms with E-state index in [1.165, 1.54) is 7.05 Å². The third-order valence-corrected chi connectivity index (χ3v) is 4.21. The van der Waals surface area contributed by atoms with Crippen LogP contribution in [0.3, 0.4) is 0 Å². The minimum Gasteiger partial charge on any atom is -0.467 e. The quantitative estimate of drug-likeness (QED) is 0.519. The molecule has 0 aliphatic rings. The van der Waals surface area contributed by atoms with Gasteiger partial charge in [-0.05, 0) is 24.3 Å². The summed E-state index contributed by atoms with van der Waals surface area (Å²) < 4.78 is 10.8. The molecule has 1 heterocycles. The van der Waals surface area contributed by atoms with E-state index < -0.39 is 24.0 Å². The number of rotatable bonds is 7. The fourth-order valence-electron chi connectivity index (χ4n) is 2.72. The van der Waals surface area contributed by atoms with Crippen molar-refractivity contribution in [2.75, 3.05) is 12.4 Å². The van der Waals surface area contributed by atoms with Gasteiger partial charge in [-0.3, -0.25) is 10.1 Å². The van der Waals surface area contributed by atoms with E-state index >= 15 is 0 Å². The second-order valence-corrected chi connectivity index (χ2v) is 6.24. The molecule has 8 heteroatoms. The van der Waals surface area contributed by atoms with Gasteiger partial charge in [-0.15, -0.1) is 0 Å². The molecule has 0 radical (unpaired) electrons. The Morgan fingerprint density at radius 3 is 2.40 bits per heavy atom. The Labute approximate surface area is 173 Å². The number of benzene rings is 2. The molecule has 0 aliphatic carbocycles. The molecular formula is C22H21N3O5. The van der Waals surface area contributed by atoms with Gasteiger partial charge in [-0.1, -0.05) is 42.5 Å². The molecule has 3 amide bonds. The van der Waals surface area contributed by atoms with Gasteiger partial charge in [0.1, 0.15) is 5.76 Å². The maximum atomic E-state index is 12.9. The zero-order chi connectivity index (χ0) is 21.3. The van der Waals surface area contributed by atoms with Gasteiger partial charge in [0.05, 0.1) is 18.4 Å². The number of hydrogen-bond donors (Lipinski definition) is 3. The number of nitrogens with one attached hydrogen (secondary N) is 3. The van der Waals surface area contributed by atoms with Crippen molar-refractivity contribution in [3.8, 4) is 0 Å². The summed E-state index contributed by atoms with van der Waals surface area (Å²) in [6.07, 6.45) is 0.265. The predicted octanol–water partition coefficient (Wildman–Crippen LogP) is 3.25. The molecule has 0 spiro atoms. The van der Waals surface area contributed by atoms with Crippen molar-refractivity contribution < 1.29 is 23.5 Å². The topological polar surface area (TPSA) is 110 Å². The number of amides is 3. The van der Waals surface area contributed by atoms with Crippen LogP contribution in [0, 0.1) is 0 Å². The Balaban J connectivity index is 1.80. The van der Waals surface area contributed by atoms with Crippen LogP contribution in [0.1, 0.15) is 27.8 Å². The van der Waals surface area contributed by atoms with E-state index in [1.807, 2.05) is 6.07 Å². The Kier molecular flexibility index (Phi) is 6.83. The molecule has 1 aromatic heterocycles. The molecule has 2 aromatic carbocycles. The van der Waals surface area contributed by atoms with Gasteiger partial charge < -0.3 is 19.8 Å². The van der Waals surface area contributed by atoms with Crippen LogP contribution in [-0.2, 0) is 16.1 Å². The molecule has 3 rings (SSSR count). The highest BCUT2D eigenvalue weighted by Crippen LogP contribution is 2.23. The second-order valence-electron chi connectivity index (χ2n) is 6.24. The van der Waals surface area contributed by atoms with E-state index in [0.717, 1.165) is 0 Å². The van der Waals surface area contributed by atoms with Crippen LogP contribution in [0.25, 0.3) is 0 Å². The summed E-state index contributed by atoms with van der Waals surface area (Å²) in [4.78, 5) is 37.0. The van der Waals surface area contributed by atoms with Crippen LogP contribution in [0.2, 0.25) is 0 Å². The summed E-state index contributed by atoms with van der Waals surface area (Å²) >= 11 is 0. The maximum absolute atomic E-state index is 12.9. The summed E-state index contributed by atoms with van der Waals surface area (Å²) in [7, 11) is 1.38. The highest BCUT2D eigenvalue weighted by Gasteiger charge is 2.27. The molecule has 0 saturated carbocycles. The van der Waals surface area contributed by atoms with Crippen molar-refractivity contribution in [3.63, 3.8) is 0 Å². The van der Waals surface area contributed by atoms with E-state index in [4.69, 9.17) is 9.15 Å². The lowest BCUT2D eigenvalue weighted by Gasteiger charge is -2.18. The van der Waals surface area contributed by atoms with Crippen molar-refractivity contribution >= 4 is 23.6 Å². The molecule has 0 saturated heterocycles. The first-order valence-corrected chi connectivity index (χ1v) is 9.22. The van der Waals surface area contributed by atoms with Gasteiger partial charge in [0, 0.05) is 18.3 Å². The third-order valence-electron chi connectivity index (χ3n) is 4.21. The van der Waals surface area contributed by atoms with E-state index in [9.17, 15) is 14.4 Å². The van der Waals surface area contributed by atoms with Crippen LogP contribution in [0.4, 0.5) is 10.5 Å². The van der Waals surface area contributed by atoms with Crippen molar-refractivity contribution in [2.24, 2.45) is 0 Å². The molecule has 30 heavy (non-hydrogen) atoms. The van der Waals surface area contributed by atoms with Gasteiger partial charge >= 0.3 is 12.0 Å². The number of carbonyl (C=O) groups excluding carboxylic acids is 3. The van der Waals surface area contributed by atoms with Crippen LogP contribution in [0.5, 0.6) is 0 Å². The van der Waals surface area contributed by atoms with Crippen molar-refractivity contribution in [1.29, 1.82) is 0 Å². The molecule has 8 nitrogen and oxygen atoms in total. The number of para-hydroxylation sites is 1. The Morgan fingerprint density at radius 2 is 1.70 bits per heavy atom. The van der Waals surface area contributed by atoms with Crippen LogP contribution in [0.15, 0.2) is 77.4 Å². The van der Waals surface area contributed by atoms with Gasteiger partial charge in [-0.25, -0.2) is 9.59 Å². The first-order valence-electron chi connectivity index (χ1n) is 9.22. The average molecular weight is 407 g/mol. The minimum atomic E-state index is -1.30. The fourth-order valence-corrected chi connectivity index (χ4v) is 2.72. The predicted molar refractivity (Wildman–Crippen MR) is 110 cm³/mol. The first kappa shape index (κ1) is 20.7. The highest BCUT2D eigenvalue weighted by atomic mass is 16.5. The van der Waals surface area contributed by atoms with Crippen molar-refractivity contribution in [2.45, 2.75) is 12.6 Å². The van der Waals surface area contributed by atoms with E-state index in [0.29, 0.717) is 23.6 Å². The van der Waals surface area contributed by atoms with E-state index in [2.05, 4.69) is 16.0 Å². The zero-order valence-corrected chi connectivity index (χ0v) is 16.3. The van der Waals surface area contributed by atoms with E-state index in [-0.39, 0.29) is 5.56 Å². The molecule has 3 aromatic rings. The number of anilines is 1. The normalized spacial score (nSPS) is 11.2. The minimum absolute atomic E-state index is 0.248. The molecule has 0 fully saturated rings. The fraction of sp³-hybridized carbons (Fsp3) is 0.136. The molecule has 154 valence electrons. The Bertz CT molecular complexity index is 1000. The molecule has 1 unspecified atom stereocenters. The monoisotopic (exact) mass is 407 g/mol. The number of hydrogen-bond acceptors (Lipinski definition) is 6. The van der Waals surface area contributed by atoms with Gasteiger partial charge in [0.2, 0.25) is 6.10 Å². The number of ether oxygens (including phenoxy) is 1. The van der Waals surface area contributed by atoms with E-state index in [1.54, 1.807) is 66.9 Å². The van der Waals surface area contributed by atoms with Gasteiger partial charge in [0.25, 0.3) is 5.91 Å². The lowest BCUT2D eigenvalue weighted by atomic mass is 10.1. The van der Waals surface area contributed by atoms with Crippen LogP contribution >= 0.6 is 0 Å². The number of furan rings is 1. The van der Waals surface area contributed by atoms with Crippen molar-refractivity contribution in [1.82, 2.24) is 10.6 Å². The molecule has 0 bridgehead atoms. The van der Waals surface area contributed by atoms with Gasteiger partial charge in [0.15, 0.2) is 0 Å². The van der Waals surface area contributed by atoms with Crippen LogP contribution < -0.4 is 16.0 Å². The number of esters is 1. The second kappa shape index (κ2) is 9.92. The number of imide groups is 1. The number of carbonyl (C=O) groups is 3. The SMILES string of the molecule is CNC(=O)NC(=O)C(OC(=O)c1ccccc1NCc1ccco1)c1ccccc1. The standard InChI is InChI=1S/C22H21N3O5/c1-23-22(28)25-20(26)19(15-8-3-2-4-9-15)30-21(27)17-11-5-6-12-18(17)24-14-16-10-7-13-29-16/h2-13,19,24H,14H2,1H3,(H2,23,25,26,28). The number of urea groups is 1. The first-order chi connectivity index (χ1) is 14.6. The summed E-state index contributed by atoms with van der Waals surface area (Å²) in [6, 6.07) is 18.1. The summed E-state index contributed by atoms with van der Waals surface area (Å²) in [5, 5.41) is 7.57. The van der Waals surface area contributed by atoms with Crippen LogP contribution in [-0.4, -0.2) is 25.0 Å². The average Bonchev–Trinajstić information content (AvgIpc) is 3.30. The Hall–Kier alpha value is -4.07. The highest BCUT2D eigenvalue weighted by molar-refractivity contribution is 6.00. The zero-order valence-electron chi connectivity index (χ0n) is 16.3. The lowest BCUT2D eigenvalue weighted by Crippen LogP contribution is -2.41. The Morgan fingerprint density at radius 1 is 0.967 bits per heavy atom. The molecule has 1 atom stereocenters. The largest absolute Gasteiger partial charge is 0.467 e. The lowest BCUT2D eigenvalue weighted by molar-refractivity contribution is -0.129.